The van der Waals surface area contributed by atoms with Gasteiger partial charge in [0.25, 0.3) is 0 Å². The third-order valence-electron chi connectivity index (χ3n) is 2.50. The van der Waals surface area contributed by atoms with Crippen molar-refractivity contribution in [3.05, 3.63) is 16.8 Å². The summed E-state index contributed by atoms with van der Waals surface area (Å²) >= 11 is 1.44. The lowest BCUT2D eigenvalue weighted by Gasteiger charge is -2.23. The summed E-state index contributed by atoms with van der Waals surface area (Å²) in [6.07, 6.45) is 0.569. The lowest BCUT2D eigenvalue weighted by molar-refractivity contribution is -0.136. The van der Waals surface area contributed by atoms with Crippen LogP contribution in [0.25, 0.3) is 0 Å². The Morgan fingerprint density at radius 2 is 2.11 bits per heavy atom. The van der Waals surface area contributed by atoms with Gasteiger partial charge in [0.15, 0.2) is 0 Å². The van der Waals surface area contributed by atoms with Gasteiger partial charge in [0.1, 0.15) is 0 Å². The molecule has 0 aliphatic heterocycles. The molecule has 0 spiro atoms. The maximum absolute atomic E-state index is 11.5. The highest BCUT2D eigenvalue weighted by Crippen LogP contribution is 2.17. The molecule has 1 aromatic rings. The van der Waals surface area contributed by atoms with Gasteiger partial charge in [0.2, 0.25) is 0 Å². The Morgan fingerprint density at radius 3 is 2.67 bits per heavy atom. The first-order valence-electron chi connectivity index (χ1n) is 5.67. The molecule has 1 aromatic heterocycles. The van der Waals surface area contributed by atoms with Crippen molar-refractivity contribution in [3.63, 3.8) is 0 Å². The van der Waals surface area contributed by atoms with E-state index in [1.54, 1.807) is 11.4 Å². The van der Waals surface area contributed by atoms with Crippen LogP contribution in [0, 0.1) is 5.41 Å². The van der Waals surface area contributed by atoms with Crippen LogP contribution in [0.5, 0.6) is 0 Å². The summed E-state index contributed by atoms with van der Waals surface area (Å²) < 4.78 is 0. The third-order valence-corrected chi connectivity index (χ3v) is 3.18. The largest absolute Gasteiger partial charge is 0.396 e. The zero-order chi connectivity index (χ0) is 13.6. The van der Waals surface area contributed by atoms with Crippen molar-refractivity contribution in [1.82, 2.24) is 5.32 Å². The van der Waals surface area contributed by atoms with E-state index in [0.717, 1.165) is 0 Å². The predicted octanol–water partition coefficient (Wildman–Crippen LogP) is 1.21. The van der Waals surface area contributed by atoms with E-state index in [1.807, 2.05) is 19.2 Å². The van der Waals surface area contributed by atoms with E-state index >= 15 is 0 Å². The first kappa shape index (κ1) is 14.7. The van der Waals surface area contributed by atoms with Crippen molar-refractivity contribution in [3.8, 4) is 0 Å². The normalized spacial score (nSPS) is 11.1. The second-order valence-electron chi connectivity index (χ2n) is 4.79. The molecular weight excluding hydrogens is 252 g/mol. The van der Waals surface area contributed by atoms with Crippen molar-refractivity contribution in [2.24, 2.45) is 5.41 Å². The van der Waals surface area contributed by atoms with Gasteiger partial charge in [-0.05, 0) is 23.3 Å². The summed E-state index contributed by atoms with van der Waals surface area (Å²) in [6, 6.07) is 1.73. The molecule has 18 heavy (non-hydrogen) atoms. The molecule has 3 N–H and O–H groups in total. The summed E-state index contributed by atoms with van der Waals surface area (Å²) in [5, 5.41) is 17.5. The van der Waals surface area contributed by atoms with Crippen LogP contribution < -0.4 is 10.6 Å². The van der Waals surface area contributed by atoms with Crippen LogP contribution in [0.1, 0.15) is 20.3 Å². The molecule has 0 fully saturated rings. The van der Waals surface area contributed by atoms with Crippen LogP contribution in [-0.2, 0) is 9.59 Å². The average molecular weight is 270 g/mol. The number of rotatable bonds is 5. The van der Waals surface area contributed by atoms with E-state index in [0.29, 0.717) is 18.7 Å². The van der Waals surface area contributed by atoms with E-state index in [2.05, 4.69) is 10.6 Å². The van der Waals surface area contributed by atoms with Crippen LogP contribution in [-0.4, -0.2) is 30.1 Å². The summed E-state index contributed by atoms with van der Waals surface area (Å²) in [5.74, 6) is -1.33. The Kier molecular flexibility index (Phi) is 5.30. The molecule has 0 atom stereocenters. The van der Waals surface area contributed by atoms with Crippen molar-refractivity contribution in [2.75, 3.05) is 18.5 Å². The number of hydrogen-bond acceptors (Lipinski definition) is 4. The molecule has 5 nitrogen and oxygen atoms in total. The van der Waals surface area contributed by atoms with E-state index in [1.165, 1.54) is 11.3 Å². The van der Waals surface area contributed by atoms with Crippen molar-refractivity contribution < 1.29 is 14.7 Å². The molecular formula is C12H18N2O3S. The highest BCUT2D eigenvalue weighted by Gasteiger charge is 2.21. The topological polar surface area (TPSA) is 78.4 Å². The highest BCUT2D eigenvalue weighted by molar-refractivity contribution is 7.08. The second kappa shape index (κ2) is 6.51. The second-order valence-corrected chi connectivity index (χ2v) is 5.57. The molecule has 0 saturated carbocycles. The lowest BCUT2D eigenvalue weighted by Crippen LogP contribution is -2.40. The first-order valence-corrected chi connectivity index (χ1v) is 6.61. The Morgan fingerprint density at radius 1 is 1.39 bits per heavy atom. The third kappa shape index (κ3) is 4.85. The van der Waals surface area contributed by atoms with Crippen LogP contribution in [0.4, 0.5) is 5.69 Å². The van der Waals surface area contributed by atoms with E-state index in [4.69, 9.17) is 5.11 Å². The molecule has 0 aliphatic rings. The fraction of sp³-hybridized carbons (Fsp3) is 0.500. The number of carbonyl (C=O) groups is 2. The number of amides is 2. The summed E-state index contributed by atoms with van der Waals surface area (Å²) in [5.41, 5.74) is 0.391. The molecule has 100 valence electrons. The van der Waals surface area contributed by atoms with Gasteiger partial charge in [-0.1, -0.05) is 13.8 Å². The Labute approximate surface area is 110 Å². The molecule has 0 radical (unpaired) electrons. The molecule has 0 aromatic carbocycles. The number of carbonyl (C=O) groups excluding carboxylic acids is 2. The fourth-order valence-electron chi connectivity index (χ4n) is 1.31. The molecule has 1 rings (SSSR count). The quantitative estimate of drug-likeness (QED) is 0.704. The fourth-order valence-corrected chi connectivity index (χ4v) is 1.90. The summed E-state index contributed by atoms with van der Waals surface area (Å²) in [4.78, 5) is 23.1. The Balaban J connectivity index is 2.39. The maximum Gasteiger partial charge on any atom is 0.313 e. The van der Waals surface area contributed by atoms with Crippen molar-refractivity contribution in [2.45, 2.75) is 20.3 Å². The first-order chi connectivity index (χ1) is 8.44. The SMILES string of the molecule is CC(C)(CCO)CNC(=O)C(=O)Nc1ccsc1. The van der Waals surface area contributed by atoms with Gasteiger partial charge in [0.05, 0.1) is 5.69 Å². The Bertz CT molecular complexity index is 401. The molecule has 1 heterocycles. The van der Waals surface area contributed by atoms with Crippen molar-refractivity contribution >= 4 is 28.8 Å². The average Bonchev–Trinajstić information content (AvgIpc) is 2.78. The lowest BCUT2D eigenvalue weighted by atomic mass is 9.90. The molecule has 0 unspecified atom stereocenters. The number of anilines is 1. The Hall–Kier alpha value is -1.40. The van der Waals surface area contributed by atoms with Crippen LogP contribution >= 0.6 is 11.3 Å². The zero-order valence-electron chi connectivity index (χ0n) is 10.5. The maximum atomic E-state index is 11.5. The zero-order valence-corrected chi connectivity index (χ0v) is 11.3. The standard InChI is InChI=1S/C12H18N2O3S/c1-12(2,4-5-15)8-13-10(16)11(17)14-9-3-6-18-7-9/h3,6-7,15H,4-5,8H2,1-2H3,(H,13,16)(H,14,17). The molecule has 0 aliphatic carbocycles. The van der Waals surface area contributed by atoms with E-state index in [-0.39, 0.29) is 12.0 Å². The minimum Gasteiger partial charge on any atom is -0.396 e. The van der Waals surface area contributed by atoms with Gasteiger partial charge < -0.3 is 15.7 Å². The van der Waals surface area contributed by atoms with Gasteiger partial charge in [-0.15, -0.1) is 0 Å². The number of aliphatic hydroxyl groups is 1. The minimum absolute atomic E-state index is 0.0595. The summed E-state index contributed by atoms with van der Waals surface area (Å²) in [7, 11) is 0. The van der Waals surface area contributed by atoms with E-state index < -0.39 is 11.8 Å². The van der Waals surface area contributed by atoms with E-state index in [9.17, 15) is 9.59 Å². The molecule has 2 amide bonds. The molecule has 0 bridgehead atoms. The van der Waals surface area contributed by atoms with Gasteiger partial charge >= 0.3 is 11.8 Å². The number of hydrogen-bond donors (Lipinski definition) is 3. The van der Waals surface area contributed by atoms with Gasteiger partial charge in [0, 0.05) is 18.5 Å². The monoisotopic (exact) mass is 270 g/mol. The summed E-state index contributed by atoms with van der Waals surface area (Å²) in [6.45, 7) is 4.24. The van der Waals surface area contributed by atoms with Crippen LogP contribution in [0.2, 0.25) is 0 Å². The highest BCUT2D eigenvalue weighted by atomic mass is 32.1. The van der Waals surface area contributed by atoms with Gasteiger partial charge in [-0.25, -0.2) is 0 Å². The number of aliphatic hydroxyl groups excluding tert-OH is 1. The number of thiophene rings is 1. The van der Waals surface area contributed by atoms with Gasteiger partial charge in [-0.3, -0.25) is 9.59 Å². The predicted molar refractivity (Wildman–Crippen MR) is 71.4 cm³/mol. The van der Waals surface area contributed by atoms with Crippen LogP contribution in [0.3, 0.4) is 0 Å². The van der Waals surface area contributed by atoms with Crippen LogP contribution in [0.15, 0.2) is 16.8 Å². The molecule has 0 saturated heterocycles. The number of nitrogens with one attached hydrogen (secondary N) is 2. The minimum atomic E-state index is -0.673. The smallest absolute Gasteiger partial charge is 0.313 e. The van der Waals surface area contributed by atoms with Gasteiger partial charge in [-0.2, -0.15) is 11.3 Å². The van der Waals surface area contributed by atoms with Crippen molar-refractivity contribution in [1.29, 1.82) is 0 Å². The molecule has 6 heteroatoms.